The molecule has 1 aromatic heterocycles. The van der Waals surface area contributed by atoms with Gasteiger partial charge in [-0.1, -0.05) is 106 Å². The first-order valence-corrected chi connectivity index (χ1v) is 12.9. The molecule has 0 saturated carbocycles. The van der Waals surface area contributed by atoms with Gasteiger partial charge in [-0.25, -0.2) is 4.98 Å². The van der Waals surface area contributed by atoms with E-state index in [4.69, 9.17) is 4.98 Å². The normalized spacial score (nSPS) is 12.2. The average molecular weight is 477 g/mol. The van der Waals surface area contributed by atoms with E-state index >= 15 is 0 Å². The van der Waals surface area contributed by atoms with Crippen molar-refractivity contribution in [1.29, 1.82) is 0 Å². The summed E-state index contributed by atoms with van der Waals surface area (Å²) in [5.41, 5.74) is 5.68. The Balaban J connectivity index is 1.39. The monoisotopic (exact) mass is 476 g/mol. The van der Waals surface area contributed by atoms with Crippen LogP contribution in [0.4, 0.5) is 0 Å². The summed E-state index contributed by atoms with van der Waals surface area (Å²) in [6.07, 6.45) is 0. The van der Waals surface area contributed by atoms with Crippen molar-refractivity contribution in [2.45, 2.75) is 26.2 Å². The third-order valence-corrected chi connectivity index (χ3v) is 7.43. The largest absolute Gasteiger partial charge is 0.296 e. The molecule has 0 amide bonds. The number of hydrogen-bond donors (Lipinski definition) is 0. The Labute approximate surface area is 216 Å². The van der Waals surface area contributed by atoms with Crippen LogP contribution in [0.3, 0.4) is 0 Å². The van der Waals surface area contributed by atoms with Gasteiger partial charge in [-0.15, -0.1) is 0 Å². The Morgan fingerprint density at radius 2 is 1.03 bits per heavy atom. The molecule has 0 radical (unpaired) electrons. The van der Waals surface area contributed by atoms with Crippen molar-refractivity contribution in [2.24, 2.45) is 0 Å². The van der Waals surface area contributed by atoms with Crippen molar-refractivity contribution in [2.75, 3.05) is 0 Å². The van der Waals surface area contributed by atoms with Gasteiger partial charge < -0.3 is 0 Å². The van der Waals surface area contributed by atoms with Crippen LogP contribution in [0.15, 0.2) is 115 Å². The predicted molar refractivity (Wildman–Crippen MR) is 158 cm³/mol. The van der Waals surface area contributed by atoms with Gasteiger partial charge in [-0.3, -0.25) is 4.57 Å². The molecule has 0 aliphatic rings. The molecule has 0 atom stereocenters. The minimum absolute atomic E-state index is 0.0696. The van der Waals surface area contributed by atoms with Gasteiger partial charge in [0, 0.05) is 11.1 Å². The summed E-state index contributed by atoms with van der Waals surface area (Å²) >= 11 is 0. The Morgan fingerprint density at radius 1 is 0.514 bits per heavy atom. The highest BCUT2D eigenvalue weighted by Gasteiger charge is 2.23. The maximum atomic E-state index is 4.99. The van der Waals surface area contributed by atoms with E-state index in [9.17, 15) is 0 Å². The maximum Gasteiger partial charge on any atom is 0.119 e. The zero-order chi connectivity index (χ0) is 25.1. The number of benzene rings is 6. The van der Waals surface area contributed by atoms with E-state index in [-0.39, 0.29) is 5.41 Å². The molecule has 178 valence electrons. The van der Waals surface area contributed by atoms with Gasteiger partial charge in [0.15, 0.2) is 0 Å². The lowest BCUT2D eigenvalue weighted by Gasteiger charge is -2.20. The molecule has 37 heavy (non-hydrogen) atoms. The van der Waals surface area contributed by atoms with E-state index in [1.54, 1.807) is 0 Å². The van der Waals surface area contributed by atoms with E-state index in [1.165, 1.54) is 43.4 Å². The van der Waals surface area contributed by atoms with Gasteiger partial charge in [0.1, 0.15) is 5.82 Å². The average Bonchev–Trinajstić information content (AvgIpc) is 3.34. The number of hydrogen-bond acceptors (Lipinski definition) is 1. The van der Waals surface area contributed by atoms with Crippen LogP contribution in [0.25, 0.3) is 60.2 Å². The topological polar surface area (TPSA) is 17.8 Å². The van der Waals surface area contributed by atoms with E-state index in [0.29, 0.717) is 0 Å². The molecular formula is C35H28N2. The fraction of sp³-hybridized carbons (Fsp3) is 0.114. The summed E-state index contributed by atoms with van der Waals surface area (Å²) in [7, 11) is 0. The number of rotatable bonds is 2. The van der Waals surface area contributed by atoms with Gasteiger partial charge in [0.2, 0.25) is 0 Å². The lowest BCUT2D eigenvalue weighted by atomic mass is 9.92. The van der Waals surface area contributed by atoms with E-state index in [0.717, 1.165) is 22.5 Å². The summed E-state index contributed by atoms with van der Waals surface area (Å²) in [4.78, 5) is 4.99. The van der Waals surface area contributed by atoms with E-state index in [1.807, 2.05) is 0 Å². The maximum absolute atomic E-state index is 4.99. The number of imidazole rings is 1. The number of aromatic nitrogens is 2. The van der Waals surface area contributed by atoms with Gasteiger partial charge in [-0.2, -0.15) is 0 Å². The van der Waals surface area contributed by atoms with Crippen LogP contribution in [0.1, 0.15) is 26.6 Å². The molecule has 2 nitrogen and oxygen atoms in total. The highest BCUT2D eigenvalue weighted by atomic mass is 15.1. The molecule has 0 bridgehead atoms. The Morgan fingerprint density at radius 3 is 1.65 bits per heavy atom. The number of para-hydroxylation sites is 2. The molecule has 0 N–H and O–H groups in total. The second kappa shape index (κ2) is 8.04. The fourth-order valence-electron chi connectivity index (χ4n) is 5.68. The highest BCUT2D eigenvalue weighted by Crippen LogP contribution is 2.37. The fourth-order valence-corrected chi connectivity index (χ4v) is 5.68. The molecule has 0 unspecified atom stereocenters. The van der Waals surface area contributed by atoms with Crippen LogP contribution in [-0.2, 0) is 5.41 Å². The molecule has 7 rings (SSSR count). The standard InChI is InChI=1S/C35H28N2/c1-35(2,3)34-36-32-14-8-9-15-33(32)37(34)25-19-16-23(17-20-25)24-18-21-30-28-12-5-4-10-26(28)27-11-6-7-13-29(27)31(30)22-24/h4-22H,1-3H3. The van der Waals surface area contributed by atoms with Crippen LogP contribution < -0.4 is 0 Å². The van der Waals surface area contributed by atoms with E-state index < -0.39 is 0 Å². The first-order valence-electron chi connectivity index (χ1n) is 12.9. The summed E-state index contributed by atoms with van der Waals surface area (Å²) < 4.78 is 2.30. The number of fused-ring (bicyclic) bond motifs is 7. The molecule has 7 aromatic rings. The molecule has 0 fully saturated rings. The van der Waals surface area contributed by atoms with Crippen LogP contribution in [-0.4, -0.2) is 9.55 Å². The Kier molecular flexibility index (Phi) is 4.74. The third-order valence-electron chi connectivity index (χ3n) is 7.43. The van der Waals surface area contributed by atoms with Crippen LogP contribution >= 0.6 is 0 Å². The zero-order valence-corrected chi connectivity index (χ0v) is 21.4. The third kappa shape index (κ3) is 3.44. The zero-order valence-electron chi connectivity index (χ0n) is 21.4. The van der Waals surface area contributed by atoms with Crippen molar-refractivity contribution in [3.8, 4) is 16.8 Å². The SMILES string of the molecule is CC(C)(C)c1nc2ccccc2n1-c1ccc(-c2ccc3c4ccccc4c4ccccc4c3c2)cc1. The summed E-state index contributed by atoms with van der Waals surface area (Å²) in [5.74, 6) is 1.07. The van der Waals surface area contributed by atoms with Gasteiger partial charge >= 0.3 is 0 Å². The summed E-state index contributed by atoms with van der Waals surface area (Å²) in [5, 5.41) is 7.82. The molecule has 0 aliphatic carbocycles. The minimum Gasteiger partial charge on any atom is -0.296 e. The molecule has 0 aliphatic heterocycles. The van der Waals surface area contributed by atoms with Crippen LogP contribution in [0.5, 0.6) is 0 Å². The molecule has 0 spiro atoms. The Bertz CT molecular complexity index is 1920. The van der Waals surface area contributed by atoms with Crippen molar-refractivity contribution < 1.29 is 0 Å². The highest BCUT2D eigenvalue weighted by molar-refractivity contribution is 6.25. The molecule has 6 aromatic carbocycles. The van der Waals surface area contributed by atoms with Crippen molar-refractivity contribution >= 4 is 43.4 Å². The second-order valence-electron chi connectivity index (χ2n) is 10.9. The summed E-state index contributed by atoms with van der Waals surface area (Å²) in [6, 6.07) is 41.7. The molecule has 2 heteroatoms. The lowest BCUT2D eigenvalue weighted by Crippen LogP contribution is -2.18. The molecule has 1 heterocycles. The van der Waals surface area contributed by atoms with Crippen molar-refractivity contribution in [1.82, 2.24) is 9.55 Å². The van der Waals surface area contributed by atoms with Crippen LogP contribution in [0.2, 0.25) is 0 Å². The smallest absolute Gasteiger partial charge is 0.119 e. The van der Waals surface area contributed by atoms with E-state index in [2.05, 4.69) is 141 Å². The second-order valence-corrected chi connectivity index (χ2v) is 10.9. The van der Waals surface area contributed by atoms with Gasteiger partial charge in [0.25, 0.3) is 0 Å². The predicted octanol–water partition coefficient (Wildman–Crippen LogP) is 9.45. The van der Waals surface area contributed by atoms with Gasteiger partial charge in [0.05, 0.1) is 11.0 Å². The lowest BCUT2D eigenvalue weighted by molar-refractivity contribution is 0.539. The first kappa shape index (κ1) is 21.8. The molecular weight excluding hydrogens is 448 g/mol. The van der Waals surface area contributed by atoms with Gasteiger partial charge in [-0.05, 0) is 73.8 Å². The first-order chi connectivity index (χ1) is 18.0. The quantitative estimate of drug-likeness (QED) is 0.227. The number of nitrogens with zero attached hydrogens (tertiary/aromatic N) is 2. The Hall–Kier alpha value is -4.43. The van der Waals surface area contributed by atoms with Crippen molar-refractivity contribution in [3.05, 3.63) is 121 Å². The minimum atomic E-state index is -0.0696. The van der Waals surface area contributed by atoms with Crippen LogP contribution in [0, 0.1) is 0 Å². The van der Waals surface area contributed by atoms with Crippen molar-refractivity contribution in [3.63, 3.8) is 0 Å². The molecule has 0 saturated heterocycles. The summed E-state index contributed by atoms with van der Waals surface area (Å²) in [6.45, 7) is 6.67.